The van der Waals surface area contributed by atoms with Crippen LogP contribution in [0.2, 0.25) is 0 Å². The average molecular weight is 164 g/mol. The molecule has 1 N–H and O–H groups in total. The summed E-state index contributed by atoms with van der Waals surface area (Å²) in [5.41, 5.74) is 2.12. The third-order valence-electron chi connectivity index (χ3n) is 1.57. The molecule has 1 rings (SSSR count). The van der Waals surface area contributed by atoms with Crippen LogP contribution in [0.5, 0.6) is 0 Å². The molecule has 0 radical (unpaired) electrons. The van der Waals surface area contributed by atoms with Gasteiger partial charge in [-0.1, -0.05) is 36.4 Å². The summed E-state index contributed by atoms with van der Waals surface area (Å²) in [7, 11) is 0. The molecule has 12 heavy (non-hydrogen) atoms. The van der Waals surface area contributed by atoms with Crippen molar-refractivity contribution < 1.29 is 10.1 Å². The summed E-state index contributed by atoms with van der Waals surface area (Å²) in [4.78, 5) is 4.01. The van der Waals surface area contributed by atoms with Crippen LogP contribution >= 0.6 is 0 Å². The molecule has 0 amide bonds. The molecule has 0 bridgehead atoms. The van der Waals surface area contributed by atoms with Gasteiger partial charge in [0, 0.05) is 0 Å². The van der Waals surface area contributed by atoms with Crippen molar-refractivity contribution in [3.05, 3.63) is 41.5 Å². The molecule has 0 aromatic heterocycles. The lowest BCUT2D eigenvalue weighted by Crippen LogP contribution is -1.86. The lowest BCUT2D eigenvalue weighted by Gasteiger charge is -1.97. The number of hydrogen-bond acceptors (Lipinski definition) is 2. The van der Waals surface area contributed by atoms with E-state index >= 15 is 0 Å². The first-order valence-electron chi connectivity index (χ1n) is 3.85. The minimum absolute atomic E-state index is 0.246. The SMILES string of the molecule is C/C=C/c1ccc(COO)cc1. The summed E-state index contributed by atoms with van der Waals surface area (Å²) in [6, 6.07) is 7.81. The van der Waals surface area contributed by atoms with E-state index in [9.17, 15) is 0 Å². The molecule has 1 aromatic rings. The van der Waals surface area contributed by atoms with Crippen LogP contribution in [0.3, 0.4) is 0 Å². The van der Waals surface area contributed by atoms with Gasteiger partial charge in [-0.05, 0) is 18.1 Å². The second kappa shape index (κ2) is 4.70. The predicted octanol–water partition coefficient (Wildman–Crippen LogP) is 2.71. The highest BCUT2D eigenvalue weighted by Gasteiger charge is 1.90. The van der Waals surface area contributed by atoms with Crippen molar-refractivity contribution in [1.82, 2.24) is 0 Å². The van der Waals surface area contributed by atoms with Gasteiger partial charge in [0.25, 0.3) is 0 Å². The summed E-state index contributed by atoms with van der Waals surface area (Å²) in [6.07, 6.45) is 4.00. The third-order valence-corrected chi connectivity index (χ3v) is 1.57. The third kappa shape index (κ3) is 2.49. The van der Waals surface area contributed by atoms with Gasteiger partial charge in [-0.3, -0.25) is 5.26 Å². The molecule has 0 atom stereocenters. The van der Waals surface area contributed by atoms with Gasteiger partial charge in [-0.25, -0.2) is 4.89 Å². The molecule has 64 valence electrons. The van der Waals surface area contributed by atoms with E-state index in [1.807, 2.05) is 43.3 Å². The maximum Gasteiger partial charge on any atom is 0.107 e. The van der Waals surface area contributed by atoms with Gasteiger partial charge >= 0.3 is 0 Å². The molecule has 0 unspecified atom stereocenters. The van der Waals surface area contributed by atoms with Gasteiger partial charge < -0.3 is 0 Å². The minimum atomic E-state index is 0.246. The topological polar surface area (TPSA) is 29.5 Å². The molecule has 2 nitrogen and oxygen atoms in total. The van der Waals surface area contributed by atoms with Gasteiger partial charge in [0.15, 0.2) is 0 Å². The Balaban J connectivity index is 2.71. The van der Waals surface area contributed by atoms with Gasteiger partial charge in [0.05, 0.1) is 0 Å². The fraction of sp³-hybridized carbons (Fsp3) is 0.200. The maximum absolute atomic E-state index is 8.18. The van der Waals surface area contributed by atoms with Gasteiger partial charge in [0.2, 0.25) is 0 Å². The van der Waals surface area contributed by atoms with E-state index in [1.165, 1.54) is 0 Å². The lowest BCUT2D eigenvalue weighted by molar-refractivity contribution is -0.253. The molecule has 0 aliphatic rings. The van der Waals surface area contributed by atoms with Crippen LogP contribution in [0.4, 0.5) is 0 Å². The molecule has 0 aliphatic heterocycles. The Morgan fingerprint density at radius 3 is 2.50 bits per heavy atom. The molecule has 0 heterocycles. The minimum Gasteiger partial charge on any atom is -0.251 e. The van der Waals surface area contributed by atoms with Crippen LogP contribution in [-0.2, 0) is 11.5 Å². The van der Waals surface area contributed by atoms with Crippen LogP contribution in [-0.4, -0.2) is 5.26 Å². The largest absolute Gasteiger partial charge is 0.251 e. The summed E-state index contributed by atoms with van der Waals surface area (Å²) in [6.45, 7) is 2.22. The summed E-state index contributed by atoms with van der Waals surface area (Å²) in [5.74, 6) is 0. The molecule has 0 saturated carbocycles. The van der Waals surface area contributed by atoms with Crippen molar-refractivity contribution in [2.75, 3.05) is 0 Å². The van der Waals surface area contributed by atoms with Gasteiger partial charge in [0.1, 0.15) is 6.61 Å². The fourth-order valence-electron chi connectivity index (χ4n) is 0.992. The highest BCUT2D eigenvalue weighted by atomic mass is 17.1. The number of rotatable bonds is 3. The monoisotopic (exact) mass is 164 g/mol. The summed E-state index contributed by atoms with van der Waals surface area (Å²) >= 11 is 0. The second-order valence-corrected chi connectivity index (χ2v) is 2.52. The Kier molecular flexibility index (Phi) is 3.51. The van der Waals surface area contributed by atoms with Gasteiger partial charge in [-0.2, -0.15) is 0 Å². The van der Waals surface area contributed by atoms with Crippen LogP contribution in [0.15, 0.2) is 30.3 Å². The first-order valence-corrected chi connectivity index (χ1v) is 3.85. The van der Waals surface area contributed by atoms with E-state index < -0.39 is 0 Å². The van der Waals surface area contributed by atoms with E-state index in [4.69, 9.17) is 5.26 Å². The Labute approximate surface area is 72.0 Å². The van der Waals surface area contributed by atoms with E-state index in [2.05, 4.69) is 4.89 Å². The lowest BCUT2D eigenvalue weighted by atomic mass is 10.1. The molecule has 0 spiro atoms. The van der Waals surface area contributed by atoms with Crippen LogP contribution < -0.4 is 0 Å². The molecule has 0 fully saturated rings. The van der Waals surface area contributed by atoms with Crippen LogP contribution in [0, 0.1) is 0 Å². The second-order valence-electron chi connectivity index (χ2n) is 2.52. The summed E-state index contributed by atoms with van der Waals surface area (Å²) in [5, 5.41) is 8.18. The highest BCUT2D eigenvalue weighted by Crippen LogP contribution is 2.06. The highest BCUT2D eigenvalue weighted by molar-refractivity contribution is 5.49. The molecule has 0 aliphatic carbocycles. The zero-order valence-electron chi connectivity index (χ0n) is 7.03. The van der Waals surface area contributed by atoms with Crippen molar-refractivity contribution in [2.24, 2.45) is 0 Å². The Bertz CT molecular complexity index is 249. The summed E-state index contributed by atoms with van der Waals surface area (Å²) < 4.78 is 0. The van der Waals surface area contributed by atoms with E-state index in [-0.39, 0.29) is 6.61 Å². The first-order chi connectivity index (χ1) is 5.86. The molecule has 0 saturated heterocycles. The first kappa shape index (κ1) is 8.97. The van der Waals surface area contributed by atoms with Crippen molar-refractivity contribution >= 4 is 6.08 Å². The Morgan fingerprint density at radius 1 is 1.33 bits per heavy atom. The van der Waals surface area contributed by atoms with Crippen molar-refractivity contribution in [1.29, 1.82) is 0 Å². The van der Waals surface area contributed by atoms with E-state index in [0.717, 1.165) is 11.1 Å². The van der Waals surface area contributed by atoms with E-state index in [0.29, 0.717) is 0 Å². The Hall–Kier alpha value is -1.12. The van der Waals surface area contributed by atoms with Gasteiger partial charge in [-0.15, -0.1) is 0 Å². The smallest absolute Gasteiger partial charge is 0.107 e. The zero-order valence-corrected chi connectivity index (χ0v) is 7.03. The molecule has 2 heteroatoms. The predicted molar refractivity (Wildman–Crippen MR) is 48.6 cm³/mol. The normalized spacial score (nSPS) is 10.8. The number of hydrogen-bond donors (Lipinski definition) is 1. The molecular formula is C10H12O2. The molecule has 1 aromatic carbocycles. The van der Waals surface area contributed by atoms with Crippen molar-refractivity contribution in [3.8, 4) is 0 Å². The van der Waals surface area contributed by atoms with Crippen LogP contribution in [0.1, 0.15) is 18.1 Å². The fourth-order valence-corrected chi connectivity index (χ4v) is 0.992. The standard InChI is InChI=1S/C10H12O2/c1-2-3-9-4-6-10(7-5-9)8-12-11/h2-7,11H,8H2,1H3/b3-2+. The number of benzene rings is 1. The van der Waals surface area contributed by atoms with Crippen LogP contribution in [0.25, 0.3) is 6.08 Å². The van der Waals surface area contributed by atoms with Crippen molar-refractivity contribution in [3.63, 3.8) is 0 Å². The zero-order chi connectivity index (χ0) is 8.81. The van der Waals surface area contributed by atoms with Crippen molar-refractivity contribution in [2.45, 2.75) is 13.5 Å². The maximum atomic E-state index is 8.18. The molecular weight excluding hydrogens is 152 g/mol. The average Bonchev–Trinajstić information content (AvgIpc) is 2.09. The number of allylic oxidation sites excluding steroid dienone is 1. The van der Waals surface area contributed by atoms with E-state index in [1.54, 1.807) is 0 Å². The Morgan fingerprint density at radius 2 is 2.00 bits per heavy atom. The quantitative estimate of drug-likeness (QED) is 0.549.